The molecule has 164 valence electrons. The maximum Gasteiger partial charge on any atom is 0.408 e. The van der Waals surface area contributed by atoms with Gasteiger partial charge >= 0.3 is 6.18 Å². The van der Waals surface area contributed by atoms with E-state index in [2.05, 4.69) is 10.1 Å². The number of alkyl halides is 3. The second-order valence-corrected chi connectivity index (χ2v) is 7.15. The van der Waals surface area contributed by atoms with Gasteiger partial charge < -0.3 is 19.7 Å². The van der Waals surface area contributed by atoms with Crippen LogP contribution in [-0.2, 0) is 13.0 Å². The van der Waals surface area contributed by atoms with Crippen LogP contribution in [0.3, 0.4) is 0 Å². The van der Waals surface area contributed by atoms with E-state index in [1.54, 1.807) is 5.32 Å². The number of H-pyrrole nitrogens is 1. The van der Waals surface area contributed by atoms with Crippen molar-refractivity contribution in [3.63, 3.8) is 0 Å². The number of halogens is 5. The number of nitrogens with one attached hydrogen (secondary N) is 2. The van der Waals surface area contributed by atoms with Crippen LogP contribution in [0.25, 0.3) is 10.9 Å². The lowest BCUT2D eigenvalue weighted by Gasteiger charge is -2.26. The summed E-state index contributed by atoms with van der Waals surface area (Å²) >= 11 is 0. The van der Waals surface area contributed by atoms with E-state index in [0.717, 1.165) is 13.0 Å². The Balaban J connectivity index is 1.56. The van der Waals surface area contributed by atoms with Gasteiger partial charge in [0.25, 0.3) is 11.8 Å². The van der Waals surface area contributed by atoms with E-state index >= 15 is 0 Å². The first kappa shape index (κ1) is 20.8. The van der Waals surface area contributed by atoms with Crippen LogP contribution in [0.15, 0.2) is 22.7 Å². The monoisotopic (exact) mass is 442 g/mol. The van der Waals surface area contributed by atoms with Gasteiger partial charge in [-0.25, -0.2) is 8.78 Å². The van der Waals surface area contributed by atoms with Crippen LogP contribution >= 0.6 is 0 Å². The normalized spacial score (nSPS) is 15.1. The molecule has 3 aromatic rings. The van der Waals surface area contributed by atoms with Crippen LogP contribution in [0.1, 0.15) is 39.2 Å². The maximum absolute atomic E-state index is 13.9. The fourth-order valence-electron chi connectivity index (χ4n) is 3.34. The number of nitrogens with zero attached hydrogens (tertiary/aromatic N) is 2. The Morgan fingerprint density at radius 1 is 1.29 bits per heavy atom. The lowest BCUT2D eigenvalue weighted by atomic mass is 10.0. The van der Waals surface area contributed by atoms with Crippen LogP contribution < -0.4 is 5.32 Å². The molecule has 1 atom stereocenters. The van der Waals surface area contributed by atoms with Gasteiger partial charge in [0.15, 0.2) is 17.3 Å². The van der Waals surface area contributed by atoms with Gasteiger partial charge in [0.05, 0.1) is 6.54 Å². The van der Waals surface area contributed by atoms with Crippen molar-refractivity contribution in [3.05, 3.63) is 52.5 Å². The Bertz CT molecular complexity index is 1180. The zero-order valence-corrected chi connectivity index (χ0v) is 15.9. The average Bonchev–Trinajstić information content (AvgIpc) is 3.33. The summed E-state index contributed by atoms with van der Waals surface area (Å²) in [5.74, 6) is -3.49. The number of aromatic amines is 1. The Labute approximate surface area is 171 Å². The van der Waals surface area contributed by atoms with Crippen LogP contribution in [0.2, 0.25) is 0 Å². The Morgan fingerprint density at radius 2 is 2.03 bits per heavy atom. The van der Waals surface area contributed by atoms with Crippen molar-refractivity contribution in [1.29, 1.82) is 0 Å². The smallest absolute Gasteiger partial charge is 0.360 e. The third-order valence-corrected chi connectivity index (χ3v) is 5.09. The number of fused-ring (bicyclic) bond motifs is 2. The molecule has 2 aromatic heterocycles. The molecule has 1 aliphatic heterocycles. The predicted molar refractivity (Wildman–Crippen MR) is 96.1 cm³/mol. The molecule has 0 saturated carbocycles. The van der Waals surface area contributed by atoms with Crippen molar-refractivity contribution in [2.45, 2.75) is 32.1 Å². The number of carbonyl (C=O) groups is 2. The first-order valence-corrected chi connectivity index (χ1v) is 9.17. The van der Waals surface area contributed by atoms with Crippen molar-refractivity contribution >= 4 is 22.7 Å². The summed E-state index contributed by atoms with van der Waals surface area (Å²) in [5, 5.41) is 5.28. The van der Waals surface area contributed by atoms with E-state index in [4.69, 9.17) is 4.52 Å². The molecule has 12 heteroatoms. The number of rotatable bonds is 3. The topological polar surface area (TPSA) is 91.2 Å². The summed E-state index contributed by atoms with van der Waals surface area (Å²) in [4.78, 5) is 29.1. The van der Waals surface area contributed by atoms with Crippen molar-refractivity contribution in [2.24, 2.45) is 0 Å². The number of benzene rings is 1. The SMILES string of the molecule is C[C@@H](NC(=O)c1noc2c1CN(C(=O)c1cc3c(F)c(F)ccc3[nH]1)CC2)C(F)(F)F. The van der Waals surface area contributed by atoms with E-state index in [1.807, 2.05) is 0 Å². The average molecular weight is 442 g/mol. The largest absolute Gasteiger partial charge is 0.408 e. The molecule has 0 saturated heterocycles. The first-order valence-electron chi connectivity index (χ1n) is 9.17. The van der Waals surface area contributed by atoms with Crippen molar-refractivity contribution in [3.8, 4) is 0 Å². The summed E-state index contributed by atoms with van der Waals surface area (Å²) in [6, 6.07) is 1.30. The van der Waals surface area contributed by atoms with Gasteiger partial charge in [-0.3, -0.25) is 9.59 Å². The summed E-state index contributed by atoms with van der Waals surface area (Å²) in [6.45, 7) is 0.818. The van der Waals surface area contributed by atoms with Gasteiger partial charge in [0.1, 0.15) is 17.5 Å². The third-order valence-electron chi connectivity index (χ3n) is 5.09. The van der Waals surface area contributed by atoms with Crippen LogP contribution in [0.4, 0.5) is 22.0 Å². The van der Waals surface area contributed by atoms with Crippen molar-refractivity contribution in [1.82, 2.24) is 20.4 Å². The number of carbonyl (C=O) groups excluding carboxylic acids is 2. The van der Waals surface area contributed by atoms with Gasteiger partial charge in [0.2, 0.25) is 0 Å². The highest BCUT2D eigenvalue weighted by Gasteiger charge is 2.39. The Kier molecular flexibility index (Phi) is 4.94. The molecule has 1 aromatic carbocycles. The van der Waals surface area contributed by atoms with Crippen molar-refractivity contribution in [2.75, 3.05) is 6.54 Å². The second kappa shape index (κ2) is 7.36. The molecule has 0 spiro atoms. The van der Waals surface area contributed by atoms with Crippen LogP contribution in [0.5, 0.6) is 0 Å². The van der Waals surface area contributed by atoms with Gasteiger partial charge in [-0.1, -0.05) is 5.16 Å². The van der Waals surface area contributed by atoms with Gasteiger partial charge in [-0.2, -0.15) is 13.2 Å². The minimum Gasteiger partial charge on any atom is -0.360 e. The van der Waals surface area contributed by atoms with Crippen LogP contribution in [-0.4, -0.2) is 45.6 Å². The molecular weight excluding hydrogens is 427 g/mol. The molecule has 2 amide bonds. The molecule has 0 bridgehead atoms. The van der Waals surface area contributed by atoms with Crippen LogP contribution in [0, 0.1) is 11.6 Å². The molecule has 7 nitrogen and oxygen atoms in total. The highest BCUT2D eigenvalue weighted by atomic mass is 19.4. The molecule has 0 fully saturated rings. The Morgan fingerprint density at radius 3 is 2.74 bits per heavy atom. The zero-order chi connectivity index (χ0) is 22.5. The fraction of sp³-hybridized carbons (Fsp3) is 0.316. The summed E-state index contributed by atoms with van der Waals surface area (Å²) in [6.07, 6.45) is -4.45. The summed E-state index contributed by atoms with van der Waals surface area (Å²) < 4.78 is 70.6. The minimum absolute atomic E-state index is 0.00361. The van der Waals surface area contributed by atoms with Gasteiger partial charge in [-0.05, 0) is 25.1 Å². The fourth-order valence-corrected chi connectivity index (χ4v) is 3.34. The molecule has 4 rings (SSSR count). The highest BCUT2D eigenvalue weighted by Crippen LogP contribution is 2.27. The van der Waals surface area contributed by atoms with Gasteiger partial charge in [0, 0.05) is 29.4 Å². The molecule has 0 radical (unpaired) electrons. The molecule has 1 aliphatic rings. The molecule has 3 heterocycles. The van der Waals surface area contributed by atoms with E-state index in [-0.39, 0.29) is 47.4 Å². The van der Waals surface area contributed by atoms with E-state index in [1.165, 1.54) is 17.0 Å². The van der Waals surface area contributed by atoms with Crippen molar-refractivity contribution < 1.29 is 36.1 Å². The lowest BCUT2D eigenvalue weighted by molar-refractivity contribution is -0.149. The molecule has 0 unspecified atom stereocenters. The number of hydrogen-bond acceptors (Lipinski definition) is 4. The lowest BCUT2D eigenvalue weighted by Crippen LogP contribution is -2.44. The quantitative estimate of drug-likeness (QED) is 0.609. The highest BCUT2D eigenvalue weighted by molar-refractivity contribution is 5.99. The minimum atomic E-state index is -4.63. The zero-order valence-electron chi connectivity index (χ0n) is 15.9. The molecule has 2 N–H and O–H groups in total. The number of hydrogen-bond donors (Lipinski definition) is 2. The van der Waals surface area contributed by atoms with E-state index in [0.29, 0.717) is 5.76 Å². The maximum atomic E-state index is 13.9. The van der Waals surface area contributed by atoms with Gasteiger partial charge in [-0.15, -0.1) is 0 Å². The third kappa shape index (κ3) is 3.73. The molecule has 31 heavy (non-hydrogen) atoms. The predicted octanol–water partition coefficient (Wildman–Crippen LogP) is 3.31. The molecular formula is C19H15F5N4O3. The van der Waals surface area contributed by atoms with E-state index in [9.17, 15) is 31.5 Å². The number of amides is 2. The summed E-state index contributed by atoms with van der Waals surface area (Å²) in [7, 11) is 0. The molecule has 0 aliphatic carbocycles. The Hall–Kier alpha value is -3.44. The number of aromatic nitrogens is 2. The standard InChI is InChI=1S/C19H15F5N4O3/c1-8(19(22,23)24)25-17(29)16-10-7-28(5-4-14(10)31-27-16)18(30)13-6-9-12(26-13)3-2-11(20)15(9)21/h2-3,6,8,26H,4-5,7H2,1H3,(H,25,29)/t8-/m1/s1. The van der Waals surface area contributed by atoms with E-state index < -0.39 is 35.7 Å². The second-order valence-electron chi connectivity index (χ2n) is 7.15. The summed E-state index contributed by atoms with van der Waals surface area (Å²) in [5.41, 5.74) is 0.0791. The first-order chi connectivity index (χ1) is 14.6.